The summed E-state index contributed by atoms with van der Waals surface area (Å²) in [5.74, 6) is 0. The van der Waals surface area contributed by atoms with Gasteiger partial charge in [-0.3, -0.25) is 4.90 Å². The first-order valence-corrected chi connectivity index (χ1v) is 7.79. The molecule has 0 aliphatic carbocycles. The van der Waals surface area contributed by atoms with E-state index < -0.39 is 0 Å². The van der Waals surface area contributed by atoms with Crippen molar-refractivity contribution in [1.29, 1.82) is 0 Å². The second kappa shape index (κ2) is 7.21. The Kier molecular flexibility index (Phi) is 5.58. The fraction of sp³-hybridized carbons (Fsp3) is 0.647. The predicted octanol–water partition coefficient (Wildman–Crippen LogP) is 2.45. The third kappa shape index (κ3) is 3.60. The minimum absolute atomic E-state index is 0.0819. The van der Waals surface area contributed by atoms with Gasteiger partial charge in [0, 0.05) is 24.7 Å². The largest absolute Gasteiger partial charge is 0.379 e. The van der Waals surface area contributed by atoms with Gasteiger partial charge >= 0.3 is 0 Å². The third-order valence-electron chi connectivity index (χ3n) is 4.83. The van der Waals surface area contributed by atoms with E-state index in [9.17, 15) is 0 Å². The topological polar surface area (TPSA) is 38.5 Å². The first kappa shape index (κ1) is 15.5. The van der Waals surface area contributed by atoms with Gasteiger partial charge in [0.15, 0.2) is 0 Å². The van der Waals surface area contributed by atoms with Crippen molar-refractivity contribution in [2.24, 2.45) is 5.73 Å². The minimum atomic E-state index is 0.0819. The zero-order valence-corrected chi connectivity index (χ0v) is 12.8. The quantitative estimate of drug-likeness (QED) is 0.867. The highest BCUT2D eigenvalue weighted by Crippen LogP contribution is 2.26. The number of nitrogens with two attached hydrogens (primary N) is 1. The lowest BCUT2D eigenvalue weighted by Crippen LogP contribution is -2.60. The first-order valence-electron chi connectivity index (χ1n) is 7.79. The van der Waals surface area contributed by atoms with Crippen LogP contribution in [0.4, 0.5) is 0 Å². The summed E-state index contributed by atoms with van der Waals surface area (Å²) in [7, 11) is 0. The smallest absolute Gasteiger partial charge is 0.0594 e. The summed E-state index contributed by atoms with van der Waals surface area (Å²) in [4.78, 5) is 2.52. The molecule has 1 aliphatic heterocycles. The first-order chi connectivity index (χ1) is 9.66. The van der Waals surface area contributed by atoms with E-state index in [-0.39, 0.29) is 11.6 Å². The van der Waals surface area contributed by atoms with Crippen molar-refractivity contribution in [3.8, 4) is 0 Å². The van der Waals surface area contributed by atoms with Crippen LogP contribution in [0.1, 0.15) is 32.3 Å². The molecule has 2 atom stereocenters. The number of aryl methyl sites for hydroxylation is 1. The fourth-order valence-corrected chi connectivity index (χ4v) is 3.07. The zero-order chi connectivity index (χ0) is 14.4. The monoisotopic (exact) mass is 276 g/mol. The Hall–Kier alpha value is -0.900. The van der Waals surface area contributed by atoms with Gasteiger partial charge in [0.2, 0.25) is 0 Å². The molecule has 0 saturated carbocycles. The second-order valence-corrected chi connectivity index (χ2v) is 5.94. The van der Waals surface area contributed by atoms with E-state index >= 15 is 0 Å². The van der Waals surface area contributed by atoms with E-state index in [0.29, 0.717) is 0 Å². The maximum atomic E-state index is 6.56. The molecule has 1 saturated heterocycles. The average molecular weight is 276 g/mol. The Morgan fingerprint density at radius 1 is 1.25 bits per heavy atom. The molecule has 0 aromatic heterocycles. The van der Waals surface area contributed by atoms with Gasteiger partial charge in [-0.1, -0.05) is 37.3 Å². The molecule has 20 heavy (non-hydrogen) atoms. The summed E-state index contributed by atoms with van der Waals surface area (Å²) in [6, 6.07) is 10.8. The van der Waals surface area contributed by atoms with Gasteiger partial charge in [0.05, 0.1) is 13.2 Å². The molecule has 3 nitrogen and oxygen atoms in total. The van der Waals surface area contributed by atoms with Crippen molar-refractivity contribution in [2.75, 3.05) is 26.3 Å². The molecule has 0 radical (unpaired) electrons. The van der Waals surface area contributed by atoms with Crippen molar-refractivity contribution in [2.45, 2.75) is 44.7 Å². The van der Waals surface area contributed by atoms with Crippen LogP contribution in [0, 0.1) is 0 Å². The summed E-state index contributed by atoms with van der Waals surface area (Å²) in [6.45, 7) is 8.24. The van der Waals surface area contributed by atoms with Gasteiger partial charge in [-0.05, 0) is 31.7 Å². The van der Waals surface area contributed by atoms with Crippen molar-refractivity contribution in [1.82, 2.24) is 4.90 Å². The molecule has 1 heterocycles. The number of morpholine rings is 1. The van der Waals surface area contributed by atoms with E-state index in [1.54, 1.807) is 0 Å². The van der Waals surface area contributed by atoms with E-state index in [2.05, 4.69) is 49.1 Å². The second-order valence-electron chi connectivity index (χ2n) is 5.94. The lowest BCUT2D eigenvalue weighted by molar-refractivity contribution is -0.0282. The lowest BCUT2D eigenvalue weighted by Gasteiger charge is -2.46. The van der Waals surface area contributed by atoms with Crippen LogP contribution in [0.15, 0.2) is 30.3 Å². The molecule has 112 valence electrons. The van der Waals surface area contributed by atoms with Gasteiger partial charge < -0.3 is 10.5 Å². The summed E-state index contributed by atoms with van der Waals surface area (Å²) < 4.78 is 5.47. The molecule has 1 aromatic rings. The normalized spacial score (nSPS) is 21.4. The summed E-state index contributed by atoms with van der Waals surface area (Å²) in [6.07, 6.45) is 3.18. The summed E-state index contributed by atoms with van der Waals surface area (Å²) in [5, 5.41) is 0. The van der Waals surface area contributed by atoms with Crippen molar-refractivity contribution >= 4 is 0 Å². The van der Waals surface area contributed by atoms with Gasteiger partial charge in [-0.15, -0.1) is 0 Å². The molecule has 0 spiro atoms. The number of rotatable bonds is 6. The molecular weight excluding hydrogens is 248 g/mol. The molecule has 2 rings (SSSR count). The van der Waals surface area contributed by atoms with Gasteiger partial charge in [0.25, 0.3) is 0 Å². The molecule has 1 aromatic carbocycles. The number of benzene rings is 1. The molecule has 1 fully saturated rings. The molecule has 2 N–H and O–H groups in total. The van der Waals surface area contributed by atoms with Crippen LogP contribution in [0.5, 0.6) is 0 Å². The minimum Gasteiger partial charge on any atom is -0.379 e. The third-order valence-corrected chi connectivity index (χ3v) is 4.83. The number of ether oxygens (including phenoxy) is 1. The molecule has 1 aliphatic rings. The SMILES string of the molecule is CCC(C)(C(N)CCc1ccccc1)N1CCOCC1. The lowest BCUT2D eigenvalue weighted by atomic mass is 9.84. The van der Waals surface area contributed by atoms with Gasteiger partial charge in [-0.2, -0.15) is 0 Å². The average Bonchev–Trinajstić information content (AvgIpc) is 2.53. The van der Waals surface area contributed by atoms with Crippen LogP contribution in [0.3, 0.4) is 0 Å². The van der Waals surface area contributed by atoms with Crippen molar-refractivity contribution < 1.29 is 4.74 Å². The van der Waals surface area contributed by atoms with Crippen LogP contribution in [0.25, 0.3) is 0 Å². The predicted molar refractivity (Wildman–Crippen MR) is 83.8 cm³/mol. The highest BCUT2D eigenvalue weighted by molar-refractivity contribution is 5.15. The number of hydrogen-bond acceptors (Lipinski definition) is 3. The van der Waals surface area contributed by atoms with Crippen LogP contribution in [0.2, 0.25) is 0 Å². The van der Waals surface area contributed by atoms with Gasteiger partial charge in [-0.25, -0.2) is 0 Å². The highest BCUT2D eigenvalue weighted by Gasteiger charge is 2.36. The van der Waals surface area contributed by atoms with E-state index in [0.717, 1.165) is 45.6 Å². The standard InChI is InChI=1S/C17H28N2O/c1-3-17(2,19-11-13-20-14-12-19)16(18)10-9-15-7-5-4-6-8-15/h4-8,16H,3,9-14,18H2,1-2H3. The van der Waals surface area contributed by atoms with Crippen molar-refractivity contribution in [3.63, 3.8) is 0 Å². The maximum absolute atomic E-state index is 6.56. The maximum Gasteiger partial charge on any atom is 0.0594 e. The zero-order valence-electron chi connectivity index (χ0n) is 12.8. The van der Waals surface area contributed by atoms with Crippen molar-refractivity contribution in [3.05, 3.63) is 35.9 Å². The summed E-state index contributed by atoms with van der Waals surface area (Å²) >= 11 is 0. The van der Waals surface area contributed by atoms with Crippen LogP contribution >= 0.6 is 0 Å². The molecular formula is C17H28N2O. The molecule has 3 heteroatoms. The van der Waals surface area contributed by atoms with E-state index in [1.807, 2.05) is 0 Å². The summed E-state index contributed by atoms with van der Waals surface area (Å²) in [5.41, 5.74) is 8.02. The Bertz CT molecular complexity index is 389. The van der Waals surface area contributed by atoms with E-state index in [1.165, 1.54) is 5.56 Å². The molecule has 0 amide bonds. The van der Waals surface area contributed by atoms with Crippen LogP contribution < -0.4 is 5.73 Å². The Morgan fingerprint density at radius 3 is 2.50 bits per heavy atom. The van der Waals surface area contributed by atoms with E-state index in [4.69, 9.17) is 10.5 Å². The van der Waals surface area contributed by atoms with Crippen LogP contribution in [-0.4, -0.2) is 42.8 Å². The highest BCUT2D eigenvalue weighted by atomic mass is 16.5. The number of hydrogen-bond donors (Lipinski definition) is 1. The molecule has 2 unspecified atom stereocenters. The van der Waals surface area contributed by atoms with Gasteiger partial charge in [0.1, 0.15) is 0 Å². The Balaban J connectivity index is 1.95. The number of nitrogens with zero attached hydrogens (tertiary/aromatic N) is 1. The Labute approximate surface area is 123 Å². The Morgan fingerprint density at radius 2 is 1.90 bits per heavy atom. The fourth-order valence-electron chi connectivity index (χ4n) is 3.07. The van der Waals surface area contributed by atoms with Crippen LogP contribution in [-0.2, 0) is 11.2 Å². The molecule has 0 bridgehead atoms.